The van der Waals surface area contributed by atoms with Gasteiger partial charge in [0.25, 0.3) is 0 Å². The largest absolute Gasteiger partial charge is 0.386 e. The van der Waals surface area contributed by atoms with Gasteiger partial charge < -0.3 is 10.6 Å². The quantitative estimate of drug-likeness (QED) is 0.517. The van der Waals surface area contributed by atoms with E-state index in [4.69, 9.17) is 11.1 Å². The molecule has 0 aliphatic rings. The highest BCUT2D eigenvalue weighted by Crippen LogP contribution is 2.09. The van der Waals surface area contributed by atoms with E-state index in [0.717, 1.165) is 5.69 Å². The molecule has 0 spiro atoms. The molecule has 64 valence electrons. The van der Waals surface area contributed by atoms with E-state index in [9.17, 15) is 0 Å². The van der Waals surface area contributed by atoms with Crippen molar-refractivity contribution in [2.45, 2.75) is 0 Å². The Hall–Kier alpha value is -1.51. The van der Waals surface area contributed by atoms with Gasteiger partial charge in [-0.3, -0.25) is 5.41 Å². The van der Waals surface area contributed by atoms with Crippen molar-refractivity contribution >= 4 is 11.5 Å². The van der Waals surface area contributed by atoms with Crippen LogP contribution in [-0.4, -0.2) is 19.4 Å². The van der Waals surface area contributed by atoms with Crippen LogP contribution < -0.4 is 10.6 Å². The molecule has 0 bridgehead atoms. The number of likely N-dealkylation sites (N-methyl/N-ethyl adjacent to an activating group) is 1. The summed E-state index contributed by atoms with van der Waals surface area (Å²) in [6.45, 7) is 0.476. The average molecular weight is 163 g/mol. The second kappa shape index (κ2) is 3.76. The van der Waals surface area contributed by atoms with E-state index in [1.165, 1.54) is 0 Å². The van der Waals surface area contributed by atoms with Gasteiger partial charge in [0.15, 0.2) is 0 Å². The Morgan fingerprint density at radius 3 is 2.50 bits per heavy atom. The molecule has 3 N–H and O–H groups in total. The topological polar surface area (TPSA) is 53.1 Å². The molecule has 0 aliphatic heterocycles. The van der Waals surface area contributed by atoms with Crippen molar-refractivity contribution in [3.05, 3.63) is 30.3 Å². The van der Waals surface area contributed by atoms with E-state index in [-0.39, 0.29) is 5.84 Å². The Kier molecular flexibility index (Phi) is 2.69. The molecule has 0 radical (unpaired) electrons. The summed E-state index contributed by atoms with van der Waals surface area (Å²) < 4.78 is 0. The van der Waals surface area contributed by atoms with Gasteiger partial charge >= 0.3 is 0 Å². The number of nitrogens with one attached hydrogen (secondary N) is 1. The number of anilines is 1. The summed E-state index contributed by atoms with van der Waals surface area (Å²) in [6.07, 6.45) is 0. The lowest BCUT2D eigenvalue weighted by molar-refractivity contribution is 1.04. The number of hydrogen-bond donors (Lipinski definition) is 2. The van der Waals surface area contributed by atoms with Crippen molar-refractivity contribution in [3.8, 4) is 0 Å². The van der Waals surface area contributed by atoms with Crippen LogP contribution >= 0.6 is 0 Å². The summed E-state index contributed by atoms with van der Waals surface area (Å²) in [6, 6.07) is 9.87. The van der Waals surface area contributed by atoms with Gasteiger partial charge in [-0.15, -0.1) is 0 Å². The Bertz CT molecular complexity index is 256. The third-order valence-electron chi connectivity index (χ3n) is 1.60. The molecule has 0 atom stereocenters. The molecule has 0 unspecified atom stereocenters. The summed E-state index contributed by atoms with van der Waals surface area (Å²) in [5.74, 6) is 0.182. The molecule has 0 aliphatic carbocycles. The van der Waals surface area contributed by atoms with Crippen LogP contribution in [0.25, 0.3) is 0 Å². The van der Waals surface area contributed by atoms with Crippen molar-refractivity contribution in [1.29, 1.82) is 5.41 Å². The van der Waals surface area contributed by atoms with Crippen LogP contribution in [0.1, 0.15) is 0 Å². The maximum Gasteiger partial charge on any atom is 0.110 e. The van der Waals surface area contributed by atoms with E-state index in [1.807, 2.05) is 42.3 Å². The number of hydrogen-bond acceptors (Lipinski definition) is 2. The van der Waals surface area contributed by atoms with Crippen LogP contribution in [0, 0.1) is 5.41 Å². The minimum absolute atomic E-state index is 0.182. The lowest BCUT2D eigenvalue weighted by atomic mass is 10.3. The van der Waals surface area contributed by atoms with Crippen LogP contribution in [-0.2, 0) is 0 Å². The van der Waals surface area contributed by atoms with Gasteiger partial charge in [0.2, 0.25) is 0 Å². The van der Waals surface area contributed by atoms with E-state index >= 15 is 0 Å². The van der Waals surface area contributed by atoms with Crippen LogP contribution in [0.5, 0.6) is 0 Å². The van der Waals surface area contributed by atoms with Gasteiger partial charge in [-0.05, 0) is 12.1 Å². The predicted molar refractivity (Wildman–Crippen MR) is 51.6 cm³/mol. The minimum atomic E-state index is 0.182. The predicted octanol–water partition coefficient (Wildman–Crippen LogP) is 1.06. The van der Waals surface area contributed by atoms with Crippen molar-refractivity contribution < 1.29 is 0 Å². The number of amidine groups is 1. The number of para-hydroxylation sites is 1. The summed E-state index contributed by atoms with van der Waals surface area (Å²) in [5, 5.41) is 7.11. The van der Waals surface area contributed by atoms with E-state index in [2.05, 4.69) is 0 Å². The molecule has 0 aromatic heterocycles. The molecule has 3 nitrogen and oxygen atoms in total. The molecule has 0 heterocycles. The Balaban J connectivity index is 2.65. The van der Waals surface area contributed by atoms with Crippen LogP contribution in [0.15, 0.2) is 30.3 Å². The van der Waals surface area contributed by atoms with Gasteiger partial charge in [0, 0.05) is 12.7 Å². The molecule has 1 aromatic rings. The monoisotopic (exact) mass is 163 g/mol. The maximum atomic E-state index is 7.11. The minimum Gasteiger partial charge on any atom is -0.386 e. The van der Waals surface area contributed by atoms with E-state index in [1.54, 1.807) is 0 Å². The zero-order valence-electron chi connectivity index (χ0n) is 7.12. The molecule has 0 saturated heterocycles. The van der Waals surface area contributed by atoms with Crippen LogP contribution in [0.4, 0.5) is 5.69 Å². The highest BCUT2D eigenvalue weighted by Gasteiger charge is 1.99. The van der Waals surface area contributed by atoms with E-state index in [0.29, 0.717) is 6.54 Å². The average Bonchev–Trinajstić information content (AvgIpc) is 2.05. The van der Waals surface area contributed by atoms with Gasteiger partial charge in [-0.1, -0.05) is 18.2 Å². The third-order valence-corrected chi connectivity index (χ3v) is 1.60. The van der Waals surface area contributed by atoms with Gasteiger partial charge in [-0.2, -0.15) is 0 Å². The molecule has 0 saturated carbocycles. The van der Waals surface area contributed by atoms with Gasteiger partial charge in [-0.25, -0.2) is 0 Å². The number of benzene rings is 1. The smallest absolute Gasteiger partial charge is 0.110 e. The molecule has 0 amide bonds. The summed E-state index contributed by atoms with van der Waals surface area (Å²) in [4.78, 5) is 1.93. The first kappa shape index (κ1) is 8.59. The fourth-order valence-corrected chi connectivity index (χ4v) is 1.03. The summed E-state index contributed by atoms with van der Waals surface area (Å²) >= 11 is 0. The van der Waals surface area contributed by atoms with E-state index < -0.39 is 0 Å². The molecular weight excluding hydrogens is 150 g/mol. The fraction of sp³-hybridized carbons (Fsp3) is 0.222. The molecule has 0 fully saturated rings. The zero-order chi connectivity index (χ0) is 8.97. The summed E-state index contributed by atoms with van der Waals surface area (Å²) in [5.41, 5.74) is 6.35. The normalized spacial score (nSPS) is 9.42. The standard InChI is InChI=1S/C9H13N3/c1-12(7-9(10)11)8-5-3-2-4-6-8/h2-6H,7H2,1H3,(H3,10,11). The first-order valence-corrected chi connectivity index (χ1v) is 3.79. The van der Waals surface area contributed by atoms with Gasteiger partial charge in [0.05, 0.1) is 6.54 Å². The van der Waals surface area contributed by atoms with Crippen LogP contribution in [0.3, 0.4) is 0 Å². The Morgan fingerprint density at radius 2 is 2.00 bits per heavy atom. The van der Waals surface area contributed by atoms with Crippen molar-refractivity contribution in [2.75, 3.05) is 18.5 Å². The van der Waals surface area contributed by atoms with Crippen LogP contribution in [0.2, 0.25) is 0 Å². The van der Waals surface area contributed by atoms with Gasteiger partial charge in [0.1, 0.15) is 5.84 Å². The Labute approximate surface area is 72.3 Å². The molecule has 12 heavy (non-hydrogen) atoms. The number of nitrogens with two attached hydrogens (primary N) is 1. The highest BCUT2D eigenvalue weighted by atomic mass is 15.1. The molecule has 1 aromatic carbocycles. The highest BCUT2D eigenvalue weighted by molar-refractivity contribution is 5.82. The second-order valence-electron chi connectivity index (χ2n) is 2.72. The second-order valence-corrected chi connectivity index (χ2v) is 2.72. The van der Waals surface area contributed by atoms with Crippen molar-refractivity contribution in [1.82, 2.24) is 0 Å². The zero-order valence-corrected chi connectivity index (χ0v) is 7.12. The van der Waals surface area contributed by atoms with Crippen molar-refractivity contribution in [2.24, 2.45) is 5.73 Å². The SMILES string of the molecule is CN(CC(=N)N)c1ccccc1. The van der Waals surface area contributed by atoms with Crippen molar-refractivity contribution in [3.63, 3.8) is 0 Å². The first-order valence-electron chi connectivity index (χ1n) is 3.79. The lowest BCUT2D eigenvalue weighted by Gasteiger charge is -2.17. The molecule has 1 rings (SSSR count). The summed E-state index contributed by atoms with van der Waals surface area (Å²) in [7, 11) is 1.91. The Morgan fingerprint density at radius 1 is 1.42 bits per heavy atom. The fourth-order valence-electron chi connectivity index (χ4n) is 1.03. The molecule has 3 heteroatoms. The number of nitrogens with zero attached hydrogens (tertiary/aromatic N) is 1. The number of rotatable bonds is 3. The maximum absolute atomic E-state index is 7.11. The first-order chi connectivity index (χ1) is 5.70. The molecular formula is C9H13N3. The third kappa shape index (κ3) is 2.27. The lowest BCUT2D eigenvalue weighted by Crippen LogP contribution is -2.29.